The molecule has 0 spiro atoms. The van der Waals surface area contributed by atoms with Gasteiger partial charge in [0.2, 0.25) is 5.91 Å². The fourth-order valence-corrected chi connectivity index (χ4v) is 2.33. The van der Waals surface area contributed by atoms with E-state index in [0.29, 0.717) is 0 Å². The molecular weight excluding hydrogens is 226 g/mol. The number of carboxylic acid groups (broad SMARTS) is 1. The van der Waals surface area contributed by atoms with Crippen LogP contribution in [-0.2, 0) is 9.59 Å². The summed E-state index contributed by atoms with van der Waals surface area (Å²) in [5.41, 5.74) is -0.550. The average Bonchev–Trinajstić information content (AvgIpc) is 2.80. The summed E-state index contributed by atoms with van der Waals surface area (Å²) in [5, 5.41) is 26.6. The van der Waals surface area contributed by atoms with Crippen molar-refractivity contribution in [2.45, 2.75) is 13.8 Å². The summed E-state index contributed by atoms with van der Waals surface area (Å²) in [6, 6.07) is 0. The predicted octanol–water partition coefficient (Wildman–Crippen LogP) is -0.844. The highest BCUT2D eigenvalue weighted by Crippen LogP contribution is 2.58. The lowest BCUT2D eigenvalue weighted by molar-refractivity contribution is -0.142. The summed E-state index contributed by atoms with van der Waals surface area (Å²) in [7, 11) is 0. The second-order valence-corrected chi connectivity index (χ2v) is 4.89. The quantitative estimate of drug-likeness (QED) is 0.566. The summed E-state index contributed by atoms with van der Waals surface area (Å²) in [6.45, 7) is 3.33. The van der Waals surface area contributed by atoms with Gasteiger partial charge in [0.1, 0.15) is 0 Å². The fraction of sp³-hybridized carbons (Fsp3) is 0.818. The summed E-state index contributed by atoms with van der Waals surface area (Å²) < 4.78 is 0. The number of aliphatic carboxylic acids is 1. The number of carboxylic acids is 1. The van der Waals surface area contributed by atoms with E-state index in [1.54, 1.807) is 13.8 Å². The molecule has 98 valence electrons. The first-order valence-corrected chi connectivity index (χ1v) is 5.61. The van der Waals surface area contributed by atoms with E-state index < -0.39 is 23.2 Å². The molecule has 1 amide bonds. The first kappa shape index (κ1) is 13.9. The van der Waals surface area contributed by atoms with E-state index in [2.05, 4.69) is 0 Å². The second kappa shape index (κ2) is 5.01. The van der Waals surface area contributed by atoms with Gasteiger partial charge in [0.15, 0.2) is 0 Å². The van der Waals surface area contributed by atoms with Crippen LogP contribution >= 0.6 is 0 Å². The maximum absolute atomic E-state index is 12.1. The van der Waals surface area contributed by atoms with Gasteiger partial charge in [-0.2, -0.15) is 0 Å². The van der Waals surface area contributed by atoms with Crippen LogP contribution in [0.5, 0.6) is 0 Å². The number of hydrogen-bond acceptors (Lipinski definition) is 4. The lowest BCUT2D eigenvalue weighted by atomic mass is 10.1. The van der Waals surface area contributed by atoms with E-state index in [4.69, 9.17) is 15.3 Å². The predicted molar refractivity (Wildman–Crippen MR) is 59.1 cm³/mol. The van der Waals surface area contributed by atoms with Gasteiger partial charge in [0.25, 0.3) is 0 Å². The van der Waals surface area contributed by atoms with E-state index in [-0.39, 0.29) is 32.2 Å². The smallest absolute Gasteiger partial charge is 0.307 e. The van der Waals surface area contributed by atoms with Crippen LogP contribution in [0.25, 0.3) is 0 Å². The molecule has 1 rings (SSSR count). The van der Waals surface area contributed by atoms with E-state index >= 15 is 0 Å². The molecule has 0 aliphatic heterocycles. The molecule has 1 aliphatic carbocycles. The minimum atomic E-state index is -0.971. The van der Waals surface area contributed by atoms with Crippen LogP contribution in [0.1, 0.15) is 13.8 Å². The number of amides is 1. The van der Waals surface area contributed by atoms with Crippen molar-refractivity contribution in [2.75, 3.05) is 26.3 Å². The van der Waals surface area contributed by atoms with Crippen molar-refractivity contribution in [2.24, 2.45) is 17.3 Å². The zero-order chi connectivity index (χ0) is 13.2. The maximum atomic E-state index is 12.1. The maximum Gasteiger partial charge on any atom is 0.307 e. The topological polar surface area (TPSA) is 98.1 Å². The summed E-state index contributed by atoms with van der Waals surface area (Å²) in [6.07, 6.45) is 0. The van der Waals surface area contributed by atoms with Crippen molar-refractivity contribution in [3.05, 3.63) is 0 Å². The number of nitrogens with zero attached hydrogens (tertiary/aromatic N) is 1. The molecule has 0 unspecified atom stereocenters. The molecule has 2 atom stereocenters. The molecule has 0 heterocycles. The van der Waals surface area contributed by atoms with Gasteiger partial charge < -0.3 is 20.2 Å². The normalized spacial score (nSPS) is 25.4. The number of aliphatic hydroxyl groups is 2. The van der Waals surface area contributed by atoms with E-state index in [9.17, 15) is 9.59 Å². The van der Waals surface area contributed by atoms with Crippen LogP contribution in [0.2, 0.25) is 0 Å². The van der Waals surface area contributed by atoms with Gasteiger partial charge >= 0.3 is 5.97 Å². The van der Waals surface area contributed by atoms with Gasteiger partial charge in [-0.3, -0.25) is 9.59 Å². The van der Waals surface area contributed by atoms with Gasteiger partial charge in [-0.25, -0.2) is 0 Å². The average molecular weight is 245 g/mol. The molecule has 0 aromatic heterocycles. The largest absolute Gasteiger partial charge is 0.481 e. The zero-order valence-corrected chi connectivity index (χ0v) is 10.1. The highest BCUT2D eigenvalue weighted by atomic mass is 16.4. The Morgan fingerprint density at radius 3 is 1.88 bits per heavy atom. The Kier molecular flexibility index (Phi) is 4.11. The highest BCUT2D eigenvalue weighted by molar-refractivity contribution is 5.91. The molecular formula is C11H19NO5. The van der Waals surface area contributed by atoms with Crippen molar-refractivity contribution >= 4 is 11.9 Å². The third-order valence-corrected chi connectivity index (χ3v) is 3.41. The molecule has 0 saturated heterocycles. The summed E-state index contributed by atoms with van der Waals surface area (Å²) >= 11 is 0. The number of carbonyl (C=O) groups excluding carboxylic acids is 1. The second-order valence-electron chi connectivity index (χ2n) is 4.89. The first-order valence-electron chi connectivity index (χ1n) is 5.61. The number of hydrogen-bond donors (Lipinski definition) is 3. The van der Waals surface area contributed by atoms with Crippen LogP contribution in [0, 0.1) is 17.3 Å². The van der Waals surface area contributed by atoms with E-state index in [1.807, 2.05) is 0 Å². The monoisotopic (exact) mass is 245 g/mol. The van der Waals surface area contributed by atoms with Crippen molar-refractivity contribution in [3.63, 3.8) is 0 Å². The minimum absolute atomic E-state index is 0.123. The molecule has 0 aromatic carbocycles. The lowest BCUT2D eigenvalue weighted by Gasteiger charge is -2.21. The van der Waals surface area contributed by atoms with Crippen LogP contribution in [-0.4, -0.2) is 58.4 Å². The molecule has 0 radical (unpaired) electrons. The van der Waals surface area contributed by atoms with Gasteiger partial charge in [-0.1, -0.05) is 13.8 Å². The number of carbonyl (C=O) groups is 2. The Morgan fingerprint density at radius 2 is 1.59 bits per heavy atom. The van der Waals surface area contributed by atoms with Crippen molar-refractivity contribution in [1.29, 1.82) is 0 Å². The molecule has 6 nitrogen and oxygen atoms in total. The van der Waals surface area contributed by atoms with Crippen molar-refractivity contribution in [1.82, 2.24) is 4.90 Å². The standard InChI is InChI=1S/C11H19NO5/c1-11(2)7(8(11)10(16)17)9(15)12(3-5-13)4-6-14/h7-8,13-14H,3-6H2,1-2H3,(H,16,17)/t7-,8+/m1/s1. The first-order chi connectivity index (χ1) is 7.87. The van der Waals surface area contributed by atoms with Crippen molar-refractivity contribution < 1.29 is 24.9 Å². The third-order valence-electron chi connectivity index (χ3n) is 3.41. The van der Waals surface area contributed by atoms with Crippen LogP contribution in [0.3, 0.4) is 0 Å². The lowest BCUT2D eigenvalue weighted by Crippen LogP contribution is -2.38. The Morgan fingerprint density at radius 1 is 1.12 bits per heavy atom. The Hall–Kier alpha value is -1.14. The number of aliphatic hydroxyl groups excluding tert-OH is 2. The molecule has 17 heavy (non-hydrogen) atoms. The Balaban J connectivity index is 2.72. The fourth-order valence-electron chi connectivity index (χ4n) is 2.33. The van der Waals surface area contributed by atoms with Crippen LogP contribution in [0.15, 0.2) is 0 Å². The van der Waals surface area contributed by atoms with Gasteiger partial charge in [0.05, 0.1) is 25.0 Å². The van der Waals surface area contributed by atoms with Gasteiger partial charge in [-0.05, 0) is 5.41 Å². The third kappa shape index (κ3) is 2.58. The molecule has 3 N–H and O–H groups in total. The number of rotatable bonds is 6. The molecule has 1 aliphatic rings. The SMILES string of the molecule is CC1(C)[C@H](C(=O)O)[C@@H]1C(=O)N(CCO)CCO. The molecule has 1 saturated carbocycles. The molecule has 1 fully saturated rings. The minimum Gasteiger partial charge on any atom is -0.481 e. The Bertz CT molecular complexity index is 309. The molecule has 0 aromatic rings. The van der Waals surface area contributed by atoms with Gasteiger partial charge in [-0.15, -0.1) is 0 Å². The zero-order valence-electron chi connectivity index (χ0n) is 10.1. The molecule has 6 heteroatoms. The highest BCUT2D eigenvalue weighted by Gasteiger charge is 2.66. The molecule has 0 bridgehead atoms. The van der Waals surface area contributed by atoms with Gasteiger partial charge in [0, 0.05) is 13.1 Å². The summed E-state index contributed by atoms with van der Waals surface area (Å²) in [4.78, 5) is 24.3. The van der Waals surface area contributed by atoms with E-state index in [1.165, 1.54) is 4.90 Å². The van der Waals surface area contributed by atoms with E-state index in [0.717, 1.165) is 0 Å². The van der Waals surface area contributed by atoms with Crippen LogP contribution < -0.4 is 0 Å². The summed E-state index contributed by atoms with van der Waals surface area (Å²) in [5.74, 6) is -2.50. The Labute approximate surface area is 99.8 Å². The van der Waals surface area contributed by atoms with Crippen LogP contribution in [0.4, 0.5) is 0 Å². The van der Waals surface area contributed by atoms with Crippen molar-refractivity contribution in [3.8, 4) is 0 Å².